The number of nitrogens with two attached hydrogens (primary N) is 1. The van der Waals surface area contributed by atoms with Gasteiger partial charge in [-0.1, -0.05) is 13.8 Å². The van der Waals surface area contributed by atoms with E-state index in [-0.39, 0.29) is 5.92 Å². The molecule has 0 bridgehead atoms. The number of hydrogen-bond donors (Lipinski definition) is 2. The first-order valence-electron chi connectivity index (χ1n) is 4.56. The number of ether oxygens (including phenoxy) is 1. The number of rotatable bonds is 5. The molecule has 2 amide bonds. The quantitative estimate of drug-likeness (QED) is 0.586. The Morgan fingerprint density at radius 3 is 2.20 bits per heavy atom. The molecule has 0 unspecified atom stereocenters. The van der Waals surface area contributed by atoms with E-state index in [0.29, 0.717) is 0 Å². The van der Waals surface area contributed by atoms with Gasteiger partial charge in [0.25, 0.3) is 5.91 Å². The molecule has 6 nitrogen and oxygen atoms in total. The van der Waals surface area contributed by atoms with Crippen molar-refractivity contribution in [2.45, 2.75) is 26.8 Å². The molecule has 0 aromatic rings. The molecule has 0 saturated heterocycles. The van der Waals surface area contributed by atoms with Crippen molar-refractivity contribution in [2.75, 3.05) is 6.61 Å². The summed E-state index contributed by atoms with van der Waals surface area (Å²) in [5.74, 6) is -1.81. The summed E-state index contributed by atoms with van der Waals surface area (Å²) < 4.78 is 4.46. The second kappa shape index (κ2) is 6.00. The standard InChI is InChI=1S/C9H16N2O4/c1-5(2)8(9(10)14)11-7(13)4-15-6(3)12/h5,8H,4H2,1-3H3,(H2,10,14)(H,11,13)/t8-/m1/s1. The zero-order valence-corrected chi connectivity index (χ0v) is 9.07. The predicted molar refractivity (Wildman–Crippen MR) is 52.6 cm³/mol. The average Bonchev–Trinajstić information content (AvgIpc) is 2.09. The summed E-state index contributed by atoms with van der Waals surface area (Å²) in [5.41, 5.74) is 5.08. The van der Waals surface area contributed by atoms with Gasteiger partial charge >= 0.3 is 5.97 Å². The van der Waals surface area contributed by atoms with Gasteiger partial charge in [0, 0.05) is 6.92 Å². The largest absolute Gasteiger partial charge is 0.456 e. The van der Waals surface area contributed by atoms with Gasteiger partial charge in [-0.2, -0.15) is 0 Å². The maximum atomic E-state index is 11.2. The predicted octanol–water partition coefficient (Wildman–Crippen LogP) is -0.824. The summed E-state index contributed by atoms with van der Waals surface area (Å²) in [5, 5.41) is 2.38. The highest BCUT2D eigenvalue weighted by atomic mass is 16.5. The lowest BCUT2D eigenvalue weighted by Gasteiger charge is -2.18. The van der Waals surface area contributed by atoms with Crippen molar-refractivity contribution in [3.8, 4) is 0 Å². The molecule has 0 aliphatic heterocycles. The molecule has 0 rings (SSSR count). The number of primary amides is 1. The van der Waals surface area contributed by atoms with E-state index in [0.717, 1.165) is 0 Å². The normalized spacial score (nSPS) is 12.0. The summed E-state index contributed by atoms with van der Waals surface area (Å²) in [6.07, 6.45) is 0. The van der Waals surface area contributed by atoms with Gasteiger partial charge in [-0.05, 0) is 5.92 Å². The first kappa shape index (κ1) is 13.4. The number of nitrogens with one attached hydrogen (secondary N) is 1. The zero-order valence-electron chi connectivity index (χ0n) is 9.07. The minimum atomic E-state index is -0.743. The van der Waals surface area contributed by atoms with Gasteiger partial charge in [-0.15, -0.1) is 0 Å². The smallest absolute Gasteiger partial charge is 0.303 e. The fraction of sp³-hybridized carbons (Fsp3) is 0.667. The van der Waals surface area contributed by atoms with Gasteiger partial charge in [0.2, 0.25) is 5.91 Å². The highest BCUT2D eigenvalue weighted by molar-refractivity contribution is 5.87. The molecule has 0 heterocycles. The van der Waals surface area contributed by atoms with E-state index in [2.05, 4.69) is 10.1 Å². The van der Waals surface area contributed by atoms with Gasteiger partial charge in [0.15, 0.2) is 6.61 Å². The molecule has 0 aliphatic carbocycles. The van der Waals surface area contributed by atoms with Gasteiger partial charge in [-0.25, -0.2) is 0 Å². The fourth-order valence-corrected chi connectivity index (χ4v) is 0.949. The zero-order chi connectivity index (χ0) is 12.0. The molecule has 0 radical (unpaired) electrons. The molecule has 0 fully saturated rings. The minimum Gasteiger partial charge on any atom is -0.456 e. The fourth-order valence-electron chi connectivity index (χ4n) is 0.949. The molecule has 0 aromatic carbocycles. The van der Waals surface area contributed by atoms with Crippen LogP contribution in [0.2, 0.25) is 0 Å². The van der Waals surface area contributed by atoms with E-state index in [1.807, 2.05) is 0 Å². The van der Waals surface area contributed by atoms with Crippen molar-refractivity contribution in [3.63, 3.8) is 0 Å². The molecule has 0 spiro atoms. The van der Waals surface area contributed by atoms with E-state index in [1.165, 1.54) is 6.92 Å². The lowest BCUT2D eigenvalue weighted by Crippen LogP contribution is -2.48. The number of esters is 1. The number of hydrogen-bond acceptors (Lipinski definition) is 4. The third kappa shape index (κ3) is 5.66. The van der Waals surface area contributed by atoms with Crippen LogP contribution in [-0.2, 0) is 19.1 Å². The first-order chi connectivity index (χ1) is 6.84. The molecular weight excluding hydrogens is 200 g/mol. The van der Waals surface area contributed by atoms with Crippen molar-refractivity contribution in [1.82, 2.24) is 5.32 Å². The van der Waals surface area contributed by atoms with E-state index < -0.39 is 30.4 Å². The van der Waals surface area contributed by atoms with Crippen LogP contribution in [0.3, 0.4) is 0 Å². The summed E-state index contributed by atoms with van der Waals surface area (Å²) in [4.78, 5) is 32.5. The Labute approximate surface area is 88.1 Å². The Balaban J connectivity index is 4.12. The Morgan fingerprint density at radius 1 is 1.33 bits per heavy atom. The maximum Gasteiger partial charge on any atom is 0.303 e. The van der Waals surface area contributed by atoms with Crippen LogP contribution in [0, 0.1) is 5.92 Å². The van der Waals surface area contributed by atoms with Gasteiger partial charge < -0.3 is 15.8 Å². The third-order valence-corrected chi connectivity index (χ3v) is 1.70. The molecule has 0 aliphatic rings. The van der Waals surface area contributed by atoms with Crippen LogP contribution in [0.5, 0.6) is 0 Å². The second-order valence-corrected chi connectivity index (χ2v) is 3.47. The van der Waals surface area contributed by atoms with Crippen molar-refractivity contribution in [3.05, 3.63) is 0 Å². The van der Waals surface area contributed by atoms with Crippen LogP contribution in [-0.4, -0.2) is 30.4 Å². The van der Waals surface area contributed by atoms with Crippen LogP contribution in [0.25, 0.3) is 0 Å². The molecular formula is C9H16N2O4. The van der Waals surface area contributed by atoms with Gasteiger partial charge in [0.05, 0.1) is 0 Å². The van der Waals surface area contributed by atoms with Crippen LogP contribution < -0.4 is 11.1 Å². The lowest BCUT2D eigenvalue weighted by atomic mass is 10.0. The highest BCUT2D eigenvalue weighted by Gasteiger charge is 2.21. The Hall–Kier alpha value is -1.59. The summed E-state index contributed by atoms with van der Waals surface area (Å²) >= 11 is 0. The molecule has 15 heavy (non-hydrogen) atoms. The van der Waals surface area contributed by atoms with Crippen molar-refractivity contribution >= 4 is 17.8 Å². The molecule has 86 valence electrons. The van der Waals surface area contributed by atoms with Crippen molar-refractivity contribution in [2.24, 2.45) is 11.7 Å². The molecule has 3 N–H and O–H groups in total. The number of carbonyl (C=O) groups excluding carboxylic acids is 3. The summed E-state index contributed by atoms with van der Waals surface area (Å²) in [6.45, 7) is 4.30. The van der Waals surface area contributed by atoms with Gasteiger partial charge in [-0.3, -0.25) is 14.4 Å². The number of carbonyl (C=O) groups is 3. The van der Waals surface area contributed by atoms with Crippen molar-refractivity contribution in [1.29, 1.82) is 0 Å². The van der Waals surface area contributed by atoms with E-state index in [9.17, 15) is 14.4 Å². The van der Waals surface area contributed by atoms with Crippen molar-refractivity contribution < 1.29 is 19.1 Å². The van der Waals surface area contributed by atoms with E-state index >= 15 is 0 Å². The SMILES string of the molecule is CC(=O)OCC(=O)N[C@@H](C(N)=O)C(C)C. The number of amides is 2. The molecule has 6 heteroatoms. The van der Waals surface area contributed by atoms with E-state index in [1.54, 1.807) is 13.8 Å². The monoisotopic (exact) mass is 216 g/mol. The Morgan fingerprint density at radius 2 is 1.87 bits per heavy atom. The average molecular weight is 216 g/mol. The third-order valence-electron chi connectivity index (χ3n) is 1.70. The van der Waals surface area contributed by atoms with Crippen LogP contribution in [0.1, 0.15) is 20.8 Å². The lowest BCUT2D eigenvalue weighted by molar-refractivity contribution is -0.146. The topological polar surface area (TPSA) is 98.5 Å². The molecule has 0 saturated carbocycles. The summed E-state index contributed by atoms with van der Waals surface area (Å²) in [6, 6.07) is -0.743. The summed E-state index contributed by atoms with van der Waals surface area (Å²) in [7, 11) is 0. The Bertz CT molecular complexity index is 263. The highest BCUT2D eigenvalue weighted by Crippen LogP contribution is 2.00. The van der Waals surface area contributed by atoms with Crippen LogP contribution in [0.4, 0.5) is 0 Å². The van der Waals surface area contributed by atoms with Crippen LogP contribution in [0.15, 0.2) is 0 Å². The Kier molecular flexibility index (Phi) is 5.36. The minimum absolute atomic E-state index is 0.108. The molecule has 1 atom stereocenters. The first-order valence-corrected chi connectivity index (χ1v) is 4.56. The maximum absolute atomic E-state index is 11.2. The second-order valence-electron chi connectivity index (χ2n) is 3.47. The van der Waals surface area contributed by atoms with E-state index in [4.69, 9.17) is 5.73 Å². The van der Waals surface area contributed by atoms with Crippen LogP contribution >= 0.6 is 0 Å². The molecule has 0 aromatic heterocycles. The van der Waals surface area contributed by atoms with Gasteiger partial charge in [0.1, 0.15) is 6.04 Å².